The van der Waals surface area contributed by atoms with E-state index >= 15 is 0 Å². The summed E-state index contributed by atoms with van der Waals surface area (Å²) in [5, 5.41) is 0. The van der Waals surface area contributed by atoms with Gasteiger partial charge < -0.3 is 9.80 Å². The van der Waals surface area contributed by atoms with E-state index in [1.54, 1.807) is 0 Å². The molecule has 1 aliphatic heterocycles. The fourth-order valence-electron chi connectivity index (χ4n) is 3.55. The molecule has 1 heterocycles. The highest BCUT2D eigenvalue weighted by molar-refractivity contribution is 5.94. The van der Waals surface area contributed by atoms with Crippen molar-refractivity contribution >= 4 is 5.91 Å². The van der Waals surface area contributed by atoms with Gasteiger partial charge in [-0.05, 0) is 62.9 Å². The number of rotatable bonds is 7. The van der Waals surface area contributed by atoms with Crippen molar-refractivity contribution in [2.45, 2.75) is 58.9 Å². The molecule has 0 saturated carbocycles. The zero-order valence-electron chi connectivity index (χ0n) is 15.1. The van der Waals surface area contributed by atoms with Gasteiger partial charge in [0.25, 0.3) is 5.91 Å². The van der Waals surface area contributed by atoms with Crippen LogP contribution in [0.5, 0.6) is 0 Å². The van der Waals surface area contributed by atoms with Crippen LogP contribution in [0.4, 0.5) is 0 Å². The van der Waals surface area contributed by atoms with Gasteiger partial charge in [-0.25, -0.2) is 0 Å². The summed E-state index contributed by atoms with van der Waals surface area (Å²) in [7, 11) is 0. The first kappa shape index (κ1) is 18.0. The normalized spacial score (nSPS) is 16.1. The van der Waals surface area contributed by atoms with Crippen LogP contribution < -0.4 is 0 Å². The number of nitrogens with zero attached hydrogens (tertiary/aromatic N) is 2. The Kier molecular flexibility index (Phi) is 7.10. The Hall–Kier alpha value is -1.35. The maximum Gasteiger partial charge on any atom is 0.253 e. The molecule has 0 radical (unpaired) electrons. The first-order valence-electron chi connectivity index (χ1n) is 9.31. The van der Waals surface area contributed by atoms with Crippen LogP contribution in [-0.4, -0.2) is 47.9 Å². The third-order valence-corrected chi connectivity index (χ3v) is 4.90. The number of carbonyl (C=O) groups excluding carboxylic acids is 1. The van der Waals surface area contributed by atoms with Gasteiger partial charge in [-0.3, -0.25) is 4.79 Å². The standard InChI is InChI=1S/C20H32N2O/c1-4-13-21(14-5-2)19-11-15-22(16-12-19)20(23)18-9-7-17(6-3)8-10-18/h7-10,19H,4-6,11-16H2,1-3H3. The van der Waals surface area contributed by atoms with Gasteiger partial charge in [0.05, 0.1) is 0 Å². The van der Waals surface area contributed by atoms with Crippen LogP contribution in [0.1, 0.15) is 62.4 Å². The van der Waals surface area contributed by atoms with Crippen LogP contribution in [0.25, 0.3) is 0 Å². The van der Waals surface area contributed by atoms with Crippen molar-refractivity contribution in [2.24, 2.45) is 0 Å². The number of aryl methyl sites for hydroxylation is 1. The van der Waals surface area contributed by atoms with Gasteiger partial charge in [0, 0.05) is 24.7 Å². The minimum atomic E-state index is 0.198. The Bertz CT molecular complexity index is 469. The van der Waals surface area contributed by atoms with Gasteiger partial charge in [0.1, 0.15) is 0 Å². The lowest BCUT2D eigenvalue weighted by atomic mass is 10.0. The molecule has 1 amide bonds. The van der Waals surface area contributed by atoms with E-state index < -0.39 is 0 Å². The minimum absolute atomic E-state index is 0.198. The summed E-state index contributed by atoms with van der Waals surface area (Å²) >= 11 is 0. The van der Waals surface area contributed by atoms with Crippen LogP contribution in [0, 0.1) is 0 Å². The molecule has 1 aliphatic rings. The van der Waals surface area contributed by atoms with E-state index in [4.69, 9.17) is 0 Å². The lowest BCUT2D eigenvalue weighted by molar-refractivity contribution is 0.0618. The Balaban J connectivity index is 1.90. The first-order chi connectivity index (χ1) is 11.2. The van der Waals surface area contributed by atoms with E-state index in [2.05, 4.69) is 37.8 Å². The molecule has 0 aromatic heterocycles. The summed E-state index contributed by atoms with van der Waals surface area (Å²) in [5.41, 5.74) is 2.12. The molecule has 0 N–H and O–H groups in total. The van der Waals surface area contributed by atoms with Crippen molar-refractivity contribution in [3.8, 4) is 0 Å². The van der Waals surface area contributed by atoms with Gasteiger partial charge >= 0.3 is 0 Å². The number of piperidine rings is 1. The van der Waals surface area contributed by atoms with Gasteiger partial charge in [-0.15, -0.1) is 0 Å². The van der Waals surface area contributed by atoms with Crippen molar-refractivity contribution in [3.63, 3.8) is 0 Å². The fraction of sp³-hybridized carbons (Fsp3) is 0.650. The number of benzene rings is 1. The molecule has 1 fully saturated rings. The number of amides is 1. The third kappa shape index (κ3) is 4.81. The third-order valence-electron chi connectivity index (χ3n) is 4.90. The molecular weight excluding hydrogens is 284 g/mol. The zero-order chi connectivity index (χ0) is 16.7. The predicted molar refractivity (Wildman–Crippen MR) is 96.9 cm³/mol. The molecule has 0 atom stereocenters. The maximum atomic E-state index is 12.6. The first-order valence-corrected chi connectivity index (χ1v) is 9.31. The van der Waals surface area contributed by atoms with Gasteiger partial charge in [0.2, 0.25) is 0 Å². The average molecular weight is 316 g/mol. The topological polar surface area (TPSA) is 23.6 Å². The van der Waals surface area contributed by atoms with E-state index in [-0.39, 0.29) is 5.91 Å². The number of hydrogen-bond donors (Lipinski definition) is 0. The average Bonchev–Trinajstić information content (AvgIpc) is 2.61. The molecule has 1 aromatic carbocycles. The molecule has 3 nitrogen and oxygen atoms in total. The summed E-state index contributed by atoms with van der Waals surface area (Å²) in [6.07, 6.45) is 5.66. The van der Waals surface area contributed by atoms with E-state index in [9.17, 15) is 4.79 Å². The Morgan fingerprint density at radius 2 is 1.61 bits per heavy atom. The smallest absolute Gasteiger partial charge is 0.253 e. The van der Waals surface area contributed by atoms with E-state index in [1.165, 1.54) is 31.5 Å². The highest BCUT2D eigenvalue weighted by atomic mass is 16.2. The molecule has 3 heteroatoms. The summed E-state index contributed by atoms with van der Waals surface area (Å²) in [6.45, 7) is 10.8. The van der Waals surface area contributed by atoms with Crippen molar-refractivity contribution in [2.75, 3.05) is 26.2 Å². The van der Waals surface area contributed by atoms with Crippen LogP contribution in [0.15, 0.2) is 24.3 Å². The molecule has 0 spiro atoms. The summed E-state index contributed by atoms with van der Waals surface area (Å²) in [6, 6.07) is 8.76. The van der Waals surface area contributed by atoms with E-state index in [1.807, 2.05) is 17.0 Å². The van der Waals surface area contributed by atoms with E-state index in [0.29, 0.717) is 6.04 Å². The molecule has 1 saturated heterocycles. The largest absolute Gasteiger partial charge is 0.339 e. The Morgan fingerprint density at radius 1 is 1.04 bits per heavy atom. The molecule has 0 aliphatic carbocycles. The quantitative estimate of drug-likeness (QED) is 0.760. The molecule has 0 bridgehead atoms. The van der Waals surface area contributed by atoms with Crippen LogP contribution in [-0.2, 0) is 6.42 Å². The van der Waals surface area contributed by atoms with Gasteiger partial charge in [-0.2, -0.15) is 0 Å². The number of likely N-dealkylation sites (tertiary alicyclic amines) is 1. The minimum Gasteiger partial charge on any atom is -0.339 e. The Morgan fingerprint density at radius 3 is 2.09 bits per heavy atom. The van der Waals surface area contributed by atoms with Crippen molar-refractivity contribution in [1.29, 1.82) is 0 Å². The molecule has 2 rings (SSSR count). The maximum absolute atomic E-state index is 12.6. The van der Waals surface area contributed by atoms with Crippen molar-refractivity contribution < 1.29 is 4.79 Å². The molecular formula is C20H32N2O. The number of hydrogen-bond acceptors (Lipinski definition) is 2. The SMILES string of the molecule is CCCN(CCC)C1CCN(C(=O)c2ccc(CC)cc2)CC1. The lowest BCUT2D eigenvalue weighted by Crippen LogP contribution is -2.47. The second kappa shape index (κ2) is 9.07. The second-order valence-corrected chi connectivity index (χ2v) is 6.61. The highest BCUT2D eigenvalue weighted by Crippen LogP contribution is 2.19. The van der Waals surface area contributed by atoms with Gasteiger partial charge in [0.15, 0.2) is 0 Å². The molecule has 128 valence electrons. The zero-order valence-corrected chi connectivity index (χ0v) is 15.1. The summed E-state index contributed by atoms with van der Waals surface area (Å²) in [4.78, 5) is 17.3. The van der Waals surface area contributed by atoms with Crippen molar-refractivity contribution in [1.82, 2.24) is 9.80 Å². The molecule has 23 heavy (non-hydrogen) atoms. The van der Waals surface area contributed by atoms with Gasteiger partial charge in [-0.1, -0.05) is 32.9 Å². The van der Waals surface area contributed by atoms with Crippen LogP contribution in [0.2, 0.25) is 0 Å². The second-order valence-electron chi connectivity index (χ2n) is 6.61. The number of carbonyl (C=O) groups is 1. The van der Waals surface area contributed by atoms with E-state index in [0.717, 1.165) is 37.9 Å². The lowest BCUT2D eigenvalue weighted by Gasteiger charge is -2.38. The Labute approximate surface area is 141 Å². The predicted octanol–water partition coefficient (Wildman–Crippen LogP) is 3.98. The molecule has 1 aromatic rings. The summed E-state index contributed by atoms with van der Waals surface area (Å²) < 4.78 is 0. The molecule has 0 unspecified atom stereocenters. The van der Waals surface area contributed by atoms with Crippen LogP contribution in [0.3, 0.4) is 0 Å². The monoisotopic (exact) mass is 316 g/mol. The van der Waals surface area contributed by atoms with Crippen molar-refractivity contribution in [3.05, 3.63) is 35.4 Å². The highest BCUT2D eigenvalue weighted by Gasteiger charge is 2.26. The van der Waals surface area contributed by atoms with Crippen LogP contribution >= 0.6 is 0 Å². The fourth-order valence-corrected chi connectivity index (χ4v) is 3.55. The summed E-state index contributed by atoms with van der Waals surface area (Å²) in [5.74, 6) is 0.198.